The molecule has 1 saturated heterocycles. The van der Waals surface area contributed by atoms with E-state index in [-0.39, 0.29) is 12.5 Å². The number of nitrogens with zero attached hydrogens (tertiary/aromatic N) is 1. The SMILES string of the molecule is FCCCN1CC(=Cc2ccc(C3=C(c4ccc(Cl)cc4F)CCCc4ccccc43)cc2)C1. The van der Waals surface area contributed by atoms with E-state index in [1.807, 2.05) is 6.07 Å². The number of fused-ring (bicyclic) bond motifs is 1. The summed E-state index contributed by atoms with van der Waals surface area (Å²) in [5, 5.41) is 0.411. The van der Waals surface area contributed by atoms with Gasteiger partial charge in [0, 0.05) is 30.2 Å². The summed E-state index contributed by atoms with van der Waals surface area (Å²) in [7, 11) is 0. The van der Waals surface area contributed by atoms with Crippen LogP contribution in [0.3, 0.4) is 0 Å². The maximum absolute atomic E-state index is 15.0. The van der Waals surface area contributed by atoms with Gasteiger partial charge in [0.15, 0.2) is 0 Å². The maximum atomic E-state index is 15.0. The molecule has 174 valence electrons. The summed E-state index contributed by atoms with van der Waals surface area (Å²) in [6, 6.07) is 22.0. The van der Waals surface area contributed by atoms with Crippen LogP contribution in [0, 0.1) is 5.82 Å². The van der Waals surface area contributed by atoms with Gasteiger partial charge in [-0.2, -0.15) is 0 Å². The molecule has 5 rings (SSSR count). The first-order valence-electron chi connectivity index (χ1n) is 12.0. The van der Waals surface area contributed by atoms with E-state index in [2.05, 4.69) is 59.5 Å². The zero-order valence-electron chi connectivity index (χ0n) is 19.2. The van der Waals surface area contributed by atoms with Gasteiger partial charge in [-0.3, -0.25) is 9.29 Å². The van der Waals surface area contributed by atoms with Gasteiger partial charge in [-0.1, -0.05) is 72.3 Å². The molecule has 1 aliphatic heterocycles. The molecule has 3 aromatic carbocycles. The van der Waals surface area contributed by atoms with Crippen molar-refractivity contribution in [2.75, 3.05) is 26.3 Å². The van der Waals surface area contributed by atoms with Gasteiger partial charge < -0.3 is 0 Å². The fraction of sp³-hybridized carbons (Fsp3) is 0.267. The Labute approximate surface area is 205 Å². The van der Waals surface area contributed by atoms with Gasteiger partial charge in [-0.25, -0.2) is 4.39 Å². The van der Waals surface area contributed by atoms with E-state index in [0.717, 1.165) is 61.2 Å². The molecule has 1 nitrogen and oxygen atoms in total. The molecular weight excluding hydrogens is 448 g/mol. The van der Waals surface area contributed by atoms with E-state index in [1.54, 1.807) is 6.07 Å². The van der Waals surface area contributed by atoms with Crippen LogP contribution in [0.4, 0.5) is 8.78 Å². The average molecular weight is 476 g/mol. The number of alkyl halides is 1. The van der Waals surface area contributed by atoms with E-state index in [9.17, 15) is 4.39 Å². The minimum Gasteiger partial charge on any atom is -0.295 e. The molecule has 0 amide bonds. The lowest BCUT2D eigenvalue weighted by atomic mass is 9.87. The minimum atomic E-state index is -0.275. The van der Waals surface area contributed by atoms with Gasteiger partial charge in [-0.15, -0.1) is 0 Å². The highest BCUT2D eigenvalue weighted by molar-refractivity contribution is 6.30. The molecule has 1 aliphatic carbocycles. The van der Waals surface area contributed by atoms with E-state index in [1.165, 1.54) is 22.8 Å². The fourth-order valence-corrected chi connectivity index (χ4v) is 5.26. The van der Waals surface area contributed by atoms with Gasteiger partial charge in [0.25, 0.3) is 0 Å². The zero-order valence-corrected chi connectivity index (χ0v) is 19.9. The number of rotatable bonds is 6. The van der Waals surface area contributed by atoms with Crippen molar-refractivity contribution < 1.29 is 8.78 Å². The molecule has 0 N–H and O–H groups in total. The smallest absolute Gasteiger partial charge is 0.132 e. The Morgan fingerprint density at radius 1 is 0.912 bits per heavy atom. The van der Waals surface area contributed by atoms with Crippen molar-refractivity contribution in [3.63, 3.8) is 0 Å². The van der Waals surface area contributed by atoms with Crippen molar-refractivity contribution in [2.45, 2.75) is 25.7 Å². The van der Waals surface area contributed by atoms with Crippen molar-refractivity contribution in [1.82, 2.24) is 4.90 Å². The molecular formula is C30H28ClF2N. The number of benzene rings is 3. The lowest BCUT2D eigenvalue weighted by molar-refractivity contribution is 0.239. The third-order valence-electron chi connectivity index (χ3n) is 6.75. The van der Waals surface area contributed by atoms with Crippen LogP contribution in [0.5, 0.6) is 0 Å². The molecule has 1 heterocycles. The lowest BCUT2D eigenvalue weighted by Gasteiger charge is -2.33. The third-order valence-corrected chi connectivity index (χ3v) is 6.98. The molecule has 0 radical (unpaired) electrons. The Morgan fingerprint density at radius 2 is 1.71 bits per heavy atom. The van der Waals surface area contributed by atoms with Crippen LogP contribution in [-0.2, 0) is 6.42 Å². The fourth-order valence-electron chi connectivity index (χ4n) is 5.10. The molecule has 1 fully saturated rings. The van der Waals surface area contributed by atoms with E-state index in [4.69, 9.17) is 11.6 Å². The van der Waals surface area contributed by atoms with Gasteiger partial charge in [0.2, 0.25) is 0 Å². The molecule has 0 aromatic heterocycles. The molecule has 3 aromatic rings. The number of aryl methyl sites for hydroxylation is 1. The molecule has 34 heavy (non-hydrogen) atoms. The Balaban J connectivity index is 1.52. The second kappa shape index (κ2) is 10.2. The Kier molecular flexibility index (Phi) is 6.94. The first kappa shape index (κ1) is 23.0. The van der Waals surface area contributed by atoms with Crippen LogP contribution in [-0.4, -0.2) is 31.2 Å². The Morgan fingerprint density at radius 3 is 2.47 bits per heavy atom. The summed E-state index contributed by atoms with van der Waals surface area (Å²) in [4.78, 5) is 2.26. The summed E-state index contributed by atoms with van der Waals surface area (Å²) in [5.41, 5.74) is 8.88. The number of likely N-dealkylation sites (tertiary alicyclic amines) is 1. The van der Waals surface area contributed by atoms with E-state index < -0.39 is 0 Å². The summed E-state index contributed by atoms with van der Waals surface area (Å²) in [6.45, 7) is 2.41. The summed E-state index contributed by atoms with van der Waals surface area (Å²) in [5.74, 6) is -0.275. The van der Waals surface area contributed by atoms with Crippen LogP contribution in [0.15, 0.2) is 72.3 Å². The van der Waals surface area contributed by atoms with Gasteiger partial charge in [0.05, 0.1) is 6.67 Å². The largest absolute Gasteiger partial charge is 0.295 e. The molecule has 0 unspecified atom stereocenters. The van der Waals surface area contributed by atoms with Crippen molar-refractivity contribution in [1.29, 1.82) is 0 Å². The molecule has 2 aliphatic rings. The van der Waals surface area contributed by atoms with Gasteiger partial charge in [0.1, 0.15) is 5.82 Å². The molecule has 0 atom stereocenters. The van der Waals surface area contributed by atoms with Crippen molar-refractivity contribution >= 4 is 28.8 Å². The normalized spacial score (nSPS) is 16.1. The van der Waals surface area contributed by atoms with E-state index >= 15 is 4.39 Å². The number of hydrogen-bond acceptors (Lipinski definition) is 1. The number of halogens is 3. The molecule has 0 saturated carbocycles. The van der Waals surface area contributed by atoms with Gasteiger partial charge >= 0.3 is 0 Å². The summed E-state index contributed by atoms with van der Waals surface area (Å²) in [6.07, 6.45) is 5.59. The highest BCUT2D eigenvalue weighted by Gasteiger charge is 2.22. The van der Waals surface area contributed by atoms with Crippen molar-refractivity contribution in [2.24, 2.45) is 0 Å². The first-order valence-corrected chi connectivity index (χ1v) is 12.4. The highest BCUT2D eigenvalue weighted by Crippen LogP contribution is 2.41. The van der Waals surface area contributed by atoms with Crippen LogP contribution in [0.1, 0.15) is 47.1 Å². The monoisotopic (exact) mass is 475 g/mol. The topological polar surface area (TPSA) is 3.24 Å². The number of hydrogen-bond donors (Lipinski definition) is 0. The quantitative estimate of drug-likeness (QED) is 0.351. The predicted octanol–water partition coefficient (Wildman–Crippen LogP) is 7.83. The van der Waals surface area contributed by atoms with Crippen molar-refractivity contribution in [3.8, 4) is 0 Å². The van der Waals surface area contributed by atoms with Crippen LogP contribution < -0.4 is 0 Å². The average Bonchev–Trinajstić information content (AvgIpc) is 3.00. The summed E-state index contributed by atoms with van der Waals surface area (Å²) < 4.78 is 27.4. The van der Waals surface area contributed by atoms with Crippen LogP contribution in [0.2, 0.25) is 5.02 Å². The summed E-state index contributed by atoms with van der Waals surface area (Å²) >= 11 is 6.05. The van der Waals surface area contributed by atoms with Crippen LogP contribution in [0.25, 0.3) is 17.2 Å². The Hall–Kier alpha value is -2.75. The Bertz CT molecular complexity index is 1230. The lowest BCUT2D eigenvalue weighted by Crippen LogP contribution is -2.40. The number of allylic oxidation sites excluding steroid dienone is 1. The second-order valence-corrected chi connectivity index (χ2v) is 9.60. The van der Waals surface area contributed by atoms with Crippen molar-refractivity contribution in [3.05, 3.63) is 111 Å². The van der Waals surface area contributed by atoms with E-state index in [0.29, 0.717) is 17.0 Å². The highest BCUT2D eigenvalue weighted by atomic mass is 35.5. The zero-order chi connectivity index (χ0) is 23.5. The molecule has 0 bridgehead atoms. The third kappa shape index (κ3) is 4.87. The minimum absolute atomic E-state index is 0.252. The second-order valence-electron chi connectivity index (χ2n) is 9.17. The predicted molar refractivity (Wildman–Crippen MR) is 138 cm³/mol. The van der Waals surface area contributed by atoms with Gasteiger partial charge in [-0.05, 0) is 76.8 Å². The van der Waals surface area contributed by atoms with Crippen LogP contribution >= 0.6 is 11.6 Å². The standard InChI is InChI=1S/C30H28ClF2N/c31-25-13-14-27(29(33)18-25)28-8-3-6-23-5-1-2-7-26(23)30(28)24-11-9-21(10-12-24)17-22-19-34(20-22)16-4-15-32/h1-2,5,7,9-14,17-18H,3-4,6,8,15-16,19-20H2. The molecule has 4 heteroatoms. The maximum Gasteiger partial charge on any atom is 0.132 e. The molecule has 0 spiro atoms. The first-order chi connectivity index (χ1) is 16.6.